The Morgan fingerprint density at radius 3 is 0.891 bits per heavy atom. The van der Waals surface area contributed by atoms with E-state index in [9.17, 15) is 99.5 Å². The van der Waals surface area contributed by atoms with E-state index in [1.54, 1.807) is 215 Å². The van der Waals surface area contributed by atoms with Crippen LogP contribution in [0.3, 0.4) is 0 Å². The molecule has 0 fully saturated rings. The molecule has 16 aromatic rings. The van der Waals surface area contributed by atoms with Gasteiger partial charge in [-0.3, -0.25) is 4.72 Å². The van der Waals surface area contributed by atoms with Gasteiger partial charge < -0.3 is 15.3 Å². The number of phenols is 3. The standard InChI is InChI=1S/C23H19NO4S2.C14H14O4S.C14H14O2S.2C13H12O4S2.C13H12O3S.C12H9ClO2S/c1-17-6-11-22(12-7-17)30(27,28)24-20-9-14-21(15-10-20)29(25,26)23-13-8-18-4-2-3-5-19(18)16-23;1-9-3-5-11(15)13(7-9)19(17,18)14-8-10(2)4-6-12(14)16;1-11-7-3-5-9-13(11)17(15,16)14-10-6-4-8-12(14)2;1-18(14,15)11-7-9-13(10-8-11)19(16,17)12-5-3-2-4-6-12;14-18(15,12-7-3-1-4-8-12)11-19(16,17)13-9-5-2-6-10-13;1-10-7-8-12(14)13(9-10)17(15,16)11-5-3-2-4-6-11;13-11-8-4-5-9-12(11)16(14,15)10-6-2-1-3-7-10/h2-16,24H,1H3;3-8,15-16H,1-2H3;3-10H,1-2H3;2-10H,1H3;1-10H,11H2;2-9,14H,1H3;1-9H. The Balaban J connectivity index is 0.000000167. The van der Waals surface area contributed by atoms with Crippen LogP contribution in [0.2, 0.25) is 5.02 Å². The third-order valence-electron chi connectivity index (χ3n) is 20.1. The average molecular weight is 2060 g/mol. The highest BCUT2D eigenvalue weighted by molar-refractivity contribution is 8.08. The number of halogens is 1. The van der Waals surface area contributed by atoms with Crippen LogP contribution in [0.1, 0.15) is 33.4 Å². The lowest BCUT2D eigenvalue weighted by atomic mass is 10.1. The molecule has 0 aliphatic carbocycles. The molecule has 0 aliphatic rings. The van der Waals surface area contributed by atoms with Gasteiger partial charge in [-0.05, 0) is 274 Å². The Kier molecular flexibility index (Phi) is 34.9. The minimum absolute atomic E-state index is 0.00880. The van der Waals surface area contributed by atoms with E-state index in [1.807, 2.05) is 69.3 Å². The summed E-state index contributed by atoms with van der Waals surface area (Å²) in [6.45, 7) is 10.7. The average Bonchev–Trinajstić information content (AvgIpc) is 0.777. The zero-order valence-corrected chi connectivity index (χ0v) is 83.1. The molecule has 0 heterocycles. The predicted octanol–water partition coefficient (Wildman–Crippen LogP) is 20.0. The molecule has 710 valence electrons. The molecule has 0 spiro atoms. The monoisotopic (exact) mass is 2050 g/mol. The van der Waals surface area contributed by atoms with E-state index in [-0.39, 0.29) is 96.5 Å². The van der Waals surface area contributed by atoms with Crippen molar-refractivity contribution >= 4 is 127 Å². The SMILES string of the molecule is CS(=O)(=O)c1ccc(S(=O)(=O)c2ccccc2)cc1.Cc1ccc(O)c(S(=O)(=O)c2cc(C)ccc2O)c1.Cc1ccc(O)c(S(=O)(=O)c2ccccc2)c1.Cc1ccc(S(=O)(=O)Nc2ccc(S(=O)(=O)c3ccc4ccccc4c3)cc2)cc1.Cc1ccccc1S(=O)(=O)c1ccccc1C.O=S(=O)(CS(=O)(=O)c1ccccc1)c1ccccc1.O=S(=O)(c1ccccc1)c1ccccc1Cl. The highest BCUT2D eigenvalue weighted by Crippen LogP contribution is 2.37. The molecule has 24 nitrogen and oxygen atoms in total. The van der Waals surface area contributed by atoms with Gasteiger partial charge in [0, 0.05) is 11.9 Å². The van der Waals surface area contributed by atoms with Gasteiger partial charge in [-0.2, -0.15) is 0 Å². The van der Waals surface area contributed by atoms with Crippen LogP contribution in [0.5, 0.6) is 17.2 Å². The summed E-state index contributed by atoms with van der Waals surface area (Å²) in [5, 5.41) is 30.2. The van der Waals surface area contributed by atoms with Crippen molar-refractivity contribution in [2.75, 3.05) is 16.1 Å². The first kappa shape index (κ1) is 106. The lowest BCUT2D eigenvalue weighted by Gasteiger charge is -2.10. The van der Waals surface area contributed by atoms with E-state index >= 15 is 0 Å². The smallest absolute Gasteiger partial charge is 0.261 e. The summed E-state index contributed by atoms with van der Waals surface area (Å²) >= 11 is 5.88. The molecule has 4 N–H and O–H groups in total. The van der Waals surface area contributed by atoms with Crippen molar-refractivity contribution in [1.29, 1.82) is 0 Å². The normalized spacial score (nSPS) is 11.8. The highest BCUT2D eigenvalue weighted by Gasteiger charge is 2.30. The Morgan fingerprint density at radius 2 is 0.504 bits per heavy atom. The van der Waals surface area contributed by atoms with E-state index in [0.29, 0.717) is 20.9 Å². The maximum atomic E-state index is 13.0. The lowest BCUT2D eigenvalue weighted by Crippen LogP contribution is -2.16. The van der Waals surface area contributed by atoms with Crippen LogP contribution in [-0.4, -0.2) is 111 Å². The van der Waals surface area contributed by atoms with Crippen LogP contribution in [0, 0.1) is 41.5 Å². The number of aryl methyl sites for hydroxylation is 6. The number of sulfonamides is 1. The summed E-state index contributed by atoms with van der Waals surface area (Å²) in [4.78, 5) is 1.68. The summed E-state index contributed by atoms with van der Waals surface area (Å²) in [5.41, 5.74) is 5.00. The zero-order valence-electron chi connectivity index (χ0n) is 74.2. The van der Waals surface area contributed by atoms with Gasteiger partial charge in [0.1, 0.15) is 31.9 Å². The molecule has 0 aromatic heterocycles. The maximum absolute atomic E-state index is 13.0. The molecule has 137 heavy (non-hydrogen) atoms. The van der Waals surface area contributed by atoms with E-state index < -0.39 is 104 Å². The predicted molar refractivity (Wildman–Crippen MR) is 528 cm³/mol. The van der Waals surface area contributed by atoms with Crippen LogP contribution < -0.4 is 4.72 Å². The number of sulfone groups is 9. The molecule has 0 bridgehead atoms. The van der Waals surface area contributed by atoms with Gasteiger partial charge >= 0.3 is 0 Å². The fraction of sp³-hybridized carbons (Fsp3) is 0.0784. The maximum Gasteiger partial charge on any atom is 0.261 e. The van der Waals surface area contributed by atoms with Crippen molar-refractivity contribution in [3.8, 4) is 17.2 Å². The summed E-state index contributed by atoms with van der Waals surface area (Å²) in [6, 6.07) is 103. The molecule has 35 heteroatoms. The molecular weight excluding hydrogens is 1960 g/mol. The fourth-order valence-corrected chi connectivity index (χ4v) is 27.6. The number of aromatic hydroxyl groups is 3. The molecule has 0 amide bonds. The van der Waals surface area contributed by atoms with Crippen LogP contribution in [0.15, 0.2) is 473 Å². The summed E-state index contributed by atoms with van der Waals surface area (Å²) in [7, 11) is -36.6. The van der Waals surface area contributed by atoms with Crippen molar-refractivity contribution in [3.63, 3.8) is 0 Å². The second kappa shape index (κ2) is 45.2. The van der Waals surface area contributed by atoms with Gasteiger partial charge in [-0.15, -0.1) is 0 Å². The van der Waals surface area contributed by atoms with E-state index in [1.165, 1.54) is 152 Å². The molecular formula is C102H92ClNO23S10. The molecule has 0 radical (unpaired) electrons. The van der Waals surface area contributed by atoms with Crippen LogP contribution in [0.4, 0.5) is 5.69 Å². The molecule has 0 saturated heterocycles. The number of benzene rings is 16. The van der Waals surface area contributed by atoms with Gasteiger partial charge in [0.15, 0.2) is 34.6 Å². The molecule has 0 saturated carbocycles. The number of rotatable bonds is 20. The van der Waals surface area contributed by atoms with Crippen molar-refractivity contribution in [1.82, 2.24) is 0 Å². The van der Waals surface area contributed by atoms with Crippen molar-refractivity contribution in [2.24, 2.45) is 0 Å². The molecule has 0 atom stereocenters. The first-order valence-electron chi connectivity index (χ1n) is 40.9. The van der Waals surface area contributed by atoms with E-state index in [0.717, 1.165) is 39.3 Å². The third kappa shape index (κ3) is 27.4. The number of fused-ring (bicyclic) bond motifs is 1. The summed E-state index contributed by atoms with van der Waals surface area (Å²) in [5.74, 6) is -0.877. The quantitative estimate of drug-likeness (QED) is 0.0550. The Labute approximate surface area is 804 Å². The molecule has 0 unspecified atom stereocenters. The zero-order chi connectivity index (χ0) is 100. The van der Waals surface area contributed by atoms with Gasteiger partial charge in [0.25, 0.3) is 10.0 Å². The number of phenolic OH excluding ortho intramolecular Hbond substituents is 3. The van der Waals surface area contributed by atoms with Gasteiger partial charge in [-0.1, -0.05) is 217 Å². The van der Waals surface area contributed by atoms with Gasteiger partial charge in [0.05, 0.1) is 68.7 Å². The summed E-state index contributed by atoms with van der Waals surface area (Å²) in [6.07, 6.45) is 1.08. The third-order valence-corrected chi connectivity index (χ3v) is 38.6. The topological polar surface area (TPSA) is 414 Å². The van der Waals surface area contributed by atoms with Gasteiger partial charge in [-0.25, -0.2) is 84.2 Å². The number of nitrogens with one attached hydrogen (secondary N) is 1. The number of hydrogen-bond acceptors (Lipinski definition) is 23. The second-order valence-corrected chi connectivity index (χ2v) is 50.5. The van der Waals surface area contributed by atoms with Crippen molar-refractivity contribution in [2.45, 2.75) is 120 Å². The van der Waals surface area contributed by atoms with Crippen molar-refractivity contribution < 1.29 is 99.5 Å². The number of anilines is 1. The molecule has 0 aliphatic heterocycles. The van der Waals surface area contributed by atoms with Crippen LogP contribution in [0.25, 0.3) is 10.8 Å². The van der Waals surface area contributed by atoms with E-state index in [2.05, 4.69) is 4.72 Å². The minimum Gasteiger partial charge on any atom is -0.507 e. The Bertz CT molecular complexity index is 8080. The summed E-state index contributed by atoms with van der Waals surface area (Å²) < 4.78 is 247. The first-order chi connectivity index (χ1) is 64.5. The van der Waals surface area contributed by atoms with E-state index in [4.69, 9.17) is 11.6 Å². The van der Waals surface area contributed by atoms with Crippen molar-refractivity contribution in [3.05, 3.63) is 433 Å². The fourth-order valence-electron chi connectivity index (χ4n) is 12.9. The molecule has 16 aromatic carbocycles. The first-order valence-corrected chi connectivity index (χ1v) is 56.9. The highest BCUT2D eigenvalue weighted by atomic mass is 35.5. The van der Waals surface area contributed by atoms with Crippen LogP contribution >= 0.6 is 11.6 Å². The Morgan fingerprint density at radius 1 is 0.226 bits per heavy atom. The Hall–Kier alpha value is -13.2. The molecule has 16 rings (SSSR count). The second-order valence-electron chi connectivity index (χ2n) is 30.5. The minimum atomic E-state index is -3.95. The van der Waals surface area contributed by atoms with Gasteiger partial charge in [0.2, 0.25) is 59.0 Å². The largest absolute Gasteiger partial charge is 0.507 e. The lowest BCUT2D eigenvalue weighted by molar-refractivity contribution is 0.452. The number of hydrogen-bond donors (Lipinski definition) is 4. The van der Waals surface area contributed by atoms with Crippen LogP contribution in [-0.2, 0) is 98.6 Å².